The van der Waals surface area contributed by atoms with Gasteiger partial charge in [0.1, 0.15) is 5.82 Å². The third kappa shape index (κ3) is 4.09. The lowest BCUT2D eigenvalue weighted by molar-refractivity contribution is -0.120. The summed E-state index contributed by atoms with van der Waals surface area (Å²) < 4.78 is 13.0. The Morgan fingerprint density at radius 3 is 2.60 bits per heavy atom. The predicted octanol–water partition coefficient (Wildman–Crippen LogP) is 3.12. The molecule has 0 aliphatic carbocycles. The molecule has 1 unspecified atom stereocenters. The first-order valence-electron chi connectivity index (χ1n) is 6.49. The minimum atomic E-state index is -0.326. The Hall–Kier alpha value is -2.36. The molecule has 0 radical (unpaired) electrons. The van der Waals surface area contributed by atoms with Crippen LogP contribution >= 0.6 is 0 Å². The minimum absolute atomic E-state index is 0.0574. The van der Waals surface area contributed by atoms with E-state index in [0.29, 0.717) is 5.69 Å². The molecule has 2 N–H and O–H groups in total. The Morgan fingerprint density at radius 1 is 1.15 bits per heavy atom. The zero-order valence-electron chi connectivity index (χ0n) is 11.3. The third-order valence-corrected chi connectivity index (χ3v) is 2.95. The second kappa shape index (κ2) is 6.70. The zero-order chi connectivity index (χ0) is 14.4. The Labute approximate surface area is 117 Å². The highest BCUT2D eigenvalue weighted by Gasteiger charge is 2.08. The van der Waals surface area contributed by atoms with Crippen molar-refractivity contribution in [3.8, 4) is 0 Å². The summed E-state index contributed by atoms with van der Waals surface area (Å²) in [6.07, 6.45) is 0. The van der Waals surface area contributed by atoms with Crippen molar-refractivity contribution in [1.29, 1.82) is 0 Å². The van der Waals surface area contributed by atoms with Crippen LogP contribution in [0.5, 0.6) is 0 Å². The van der Waals surface area contributed by atoms with E-state index in [1.165, 1.54) is 12.1 Å². The molecule has 1 atom stereocenters. The molecule has 0 bridgehead atoms. The fourth-order valence-corrected chi connectivity index (χ4v) is 1.90. The van der Waals surface area contributed by atoms with Gasteiger partial charge in [0.2, 0.25) is 5.91 Å². The Morgan fingerprint density at radius 2 is 1.90 bits per heavy atom. The van der Waals surface area contributed by atoms with E-state index in [4.69, 9.17) is 0 Å². The Balaban J connectivity index is 1.84. The van der Waals surface area contributed by atoms with Gasteiger partial charge in [-0.3, -0.25) is 4.79 Å². The van der Waals surface area contributed by atoms with E-state index in [0.717, 1.165) is 5.56 Å². The average molecular weight is 272 g/mol. The SMILES string of the molecule is CC(NC(=O)CNc1cccc(F)c1)c1ccccc1. The molecular weight excluding hydrogens is 255 g/mol. The molecular formula is C16H17FN2O. The molecule has 0 spiro atoms. The van der Waals surface area contributed by atoms with E-state index in [1.54, 1.807) is 12.1 Å². The molecule has 0 aliphatic rings. The van der Waals surface area contributed by atoms with E-state index < -0.39 is 0 Å². The van der Waals surface area contributed by atoms with Gasteiger partial charge in [-0.2, -0.15) is 0 Å². The van der Waals surface area contributed by atoms with Crippen molar-refractivity contribution in [3.05, 3.63) is 66.0 Å². The highest BCUT2D eigenvalue weighted by molar-refractivity contribution is 5.81. The summed E-state index contributed by atoms with van der Waals surface area (Å²) in [5, 5.41) is 5.78. The molecule has 0 heterocycles. The number of nitrogens with one attached hydrogen (secondary N) is 2. The molecule has 0 saturated carbocycles. The topological polar surface area (TPSA) is 41.1 Å². The van der Waals surface area contributed by atoms with Crippen molar-refractivity contribution < 1.29 is 9.18 Å². The van der Waals surface area contributed by atoms with E-state index in [2.05, 4.69) is 10.6 Å². The van der Waals surface area contributed by atoms with Gasteiger partial charge >= 0.3 is 0 Å². The van der Waals surface area contributed by atoms with Crippen molar-refractivity contribution in [2.24, 2.45) is 0 Å². The summed E-state index contributed by atoms with van der Waals surface area (Å²) in [5.41, 5.74) is 1.64. The van der Waals surface area contributed by atoms with Crippen LogP contribution < -0.4 is 10.6 Å². The average Bonchev–Trinajstić information content (AvgIpc) is 2.46. The molecule has 3 nitrogen and oxygen atoms in total. The molecule has 2 aromatic carbocycles. The van der Waals surface area contributed by atoms with Crippen molar-refractivity contribution in [3.63, 3.8) is 0 Å². The van der Waals surface area contributed by atoms with Crippen molar-refractivity contribution in [1.82, 2.24) is 5.32 Å². The first-order chi connectivity index (χ1) is 9.65. The largest absolute Gasteiger partial charge is 0.376 e. The van der Waals surface area contributed by atoms with Crippen LogP contribution in [-0.4, -0.2) is 12.5 Å². The second-order valence-electron chi connectivity index (χ2n) is 4.56. The summed E-state index contributed by atoms with van der Waals surface area (Å²) in [4.78, 5) is 11.8. The predicted molar refractivity (Wildman–Crippen MR) is 77.9 cm³/mol. The van der Waals surface area contributed by atoms with E-state index >= 15 is 0 Å². The number of benzene rings is 2. The molecule has 0 fully saturated rings. The van der Waals surface area contributed by atoms with Crippen LogP contribution in [0.4, 0.5) is 10.1 Å². The van der Waals surface area contributed by atoms with Gasteiger partial charge in [0.05, 0.1) is 12.6 Å². The monoisotopic (exact) mass is 272 g/mol. The lowest BCUT2D eigenvalue weighted by Crippen LogP contribution is -2.32. The highest BCUT2D eigenvalue weighted by Crippen LogP contribution is 2.11. The maximum Gasteiger partial charge on any atom is 0.239 e. The van der Waals surface area contributed by atoms with Crippen LogP contribution in [0.2, 0.25) is 0 Å². The quantitative estimate of drug-likeness (QED) is 0.878. The molecule has 2 aromatic rings. The highest BCUT2D eigenvalue weighted by atomic mass is 19.1. The van der Waals surface area contributed by atoms with Crippen LogP contribution in [0.15, 0.2) is 54.6 Å². The summed E-state index contributed by atoms with van der Waals surface area (Å²) >= 11 is 0. The minimum Gasteiger partial charge on any atom is -0.376 e. The summed E-state index contributed by atoms with van der Waals surface area (Å²) in [6.45, 7) is 2.04. The summed E-state index contributed by atoms with van der Waals surface area (Å²) in [6, 6.07) is 15.7. The molecule has 104 valence electrons. The zero-order valence-corrected chi connectivity index (χ0v) is 11.3. The van der Waals surface area contributed by atoms with Gasteiger partial charge in [-0.05, 0) is 30.7 Å². The van der Waals surface area contributed by atoms with Gasteiger partial charge < -0.3 is 10.6 Å². The van der Waals surface area contributed by atoms with E-state index in [9.17, 15) is 9.18 Å². The first kappa shape index (κ1) is 14.1. The summed E-state index contributed by atoms with van der Waals surface area (Å²) in [5.74, 6) is -0.460. The molecule has 4 heteroatoms. The Bertz CT molecular complexity index is 572. The van der Waals surface area contributed by atoms with Gasteiger partial charge in [-0.15, -0.1) is 0 Å². The molecule has 0 aliphatic heterocycles. The van der Waals surface area contributed by atoms with Crippen molar-refractivity contribution in [2.75, 3.05) is 11.9 Å². The molecule has 0 aromatic heterocycles. The fraction of sp³-hybridized carbons (Fsp3) is 0.188. The fourth-order valence-electron chi connectivity index (χ4n) is 1.90. The lowest BCUT2D eigenvalue weighted by atomic mass is 10.1. The summed E-state index contributed by atoms with van der Waals surface area (Å²) in [7, 11) is 0. The van der Waals surface area contributed by atoms with Gasteiger partial charge in [-0.1, -0.05) is 36.4 Å². The molecule has 0 saturated heterocycles. The second-order valence-corrected chi connectivity index (χ2v) is 4.56. The Kier molecular flexibility index (Phi) is 4.71. The number of carbonyl (C=O) groups excluding carboxylic acids is 1. The van der Waals surface area contributed by atoms with Crippen LogP contribution in [0.25, 0.3) is 0 Å². The van der Waals surface area contributed by atoms with Gasteiger partial charge in [-0.25, -0.2) is 4.39 Å². The number of hydrogen-bond donors (Lipinski definition) is 2. The van der Waals surface area contributed by atoms with Gasteiger partial charge in [0.15, 0.2) is 0 Å². The third-order valence-electron chi connectivity index (χ3n) is 2.95. The van der Waals surface area contributed by atoms with E-state index in [1.807, 2.05) is 37.3 Å². The maximum atomic E-state index is 13.0. The van der Waals surface area contributed by atoms with Crippen molar-refractivity contribution in [2.45, 2.75) is 13.0 Å². The van der Waals surface area contributed by atoms with E-state index in [-0.39, 0.29) is 24.3 Å². The lowest BCUT2D eigenvalue weighted by Gasteiger charge is -2.15. The maximum absolute atomic E-state index is 13.0. The van der Waals surface area contributed by atoms with Crippen molar-refractivity contribution >= 4 is 11.6 Å². The number of rotatable bonds is 5. The van der Waals surface area contributed by atoms with Gasteiger partial charge in [0.25, 0.3) is 0 Å². The number of hydrogen-bond acceptors (Lipinski definition) is 2. The van der Waals surface area contributed by atoms with Gasteiger partial charge in [0, 0.05) is 5.69 Å². The number of amides is 1. The molecule has 2 rings (SSSR count). The number of anilines is 1. The normalized spacial score (nSPS) is 11.7. The molecule has 20 heavy (non-hydrogen) atoms. The first-order valence-corrected chi connectivity index (χ1v) is 6.49. The van der Waals surface area contributed by atoms with Crippen LogP contribution in [-0.2, 0) is 4.79 Å². The molecule has 1 amide bonds. The number of halogens is 1. The van der Waals surface area contributed by atoms with Crippen LogP contribution in [0, 0.1) is 5.82 Å². The van der Waals surface area contributed by atoms with Crippen LogP contribution in [0.3, 0.4) is 0 Å². The standard InChI is InChI=1S/C16H17FN2O/c1-12(13-6-3-2-4-7-13)19-16(20)11-18-15-9-5-8-14(17)10-15/h2-10,12,18H,11H2,1H3,(H,19,20). The number of carbonyl (C=O) groups is 1. The van der Waals surface area contributed by atoms with Crippen LogP contribution in [0.1, 0.15) is 18.5 Å². The smallest absolute Gasteiger partial charge is 0.239 e.